The molecule has 0 aliphatic rings. The summed E-state index contributed by atoms with van der Waals surface area (Å²) in [6.45, 7) is 8.21. The summed E-state index contributed by atoms with van der Waals surface area (Å²) < 4.78 is 13.2. The second-order valence-corrected chi connectivity index (χ2v) is 13.0. The molecule has 3 aromatic heterocycles. The second kappa shape index (κ2) is 6.70. The van der Waals surface area contributed by atoms with Crippen LogP contribution in [0.25, 0.3) is 21.9 Å². The van der Waals surface area contributed by atoms with Gasteiger partial charge >= 0.3 is 0 Å². The van der Waals surface area contributed by atoms with Gasteiger partial charge in [0.25, 0.3) is 0 Å². The molecule has 3 aromatic rings. The molecule has 0 N–H and O–H groups in total. The van der Waals surface area contributed by atoms with E-state index in [0.717, 1.165) is 34.6 Å². The van der Waals surface area contributed by atoms with Crippen LogP contribution in [0, 0.1) is 0 Å². The first-order chi connectivity index (χ1) is 11.4. The van der Waals surface area contributed by atoms with Crippen molar-refractivity contribution in [2.24, 2.45) is 0 Å². The molecule has 0 saturated heterocycles. The Bertz CT molecular complexity index is 874. The molecule has 24 heavy (non-hydrogen) atoms. The number of rotatable bonds is 6. The molecule has 7 heteroatoms. The van der Waals surface area contributed by atoms with Gasteiger partial charge in [0.1, 0.15) is 17.5 Å². The maximum absolute atomic E-state index is 6.10. The fourth-order valence-corrected chi connectivity index (χ4v) is 3.49. The number of hydrogen-bond acceptors (Lipinski definition) is 4. The van der Waals surface area contributed by atoms with Crippen molar-refractivity contribution in [1.82, 2.24) is 14.5 Å². The first-order valence-corrected chi connectivity index (χ1v) is 12.0. The average Bonchev–Trinajstić information content (AvgIpc) is 2.83. The van der Waals surface area contributed by atoms with Gasteiger partial charge in [-0.25, -0.2) is 9.97 Å². The van der Waals surface area contributed by atoms with Crippen molar-refractivity contribution < 1.29 is 9.47 Å². The highest BCUT2D eigenvalue weighted by molar-refractivity contribution is 6.76. The highest BCUT2D eigenvalue weighted by Gasteiger charge is 2.15. The Hall–Kier alpha value is -1.63. The van der Waals surface area contributed by atoms with E-state index < -0.39 is 8.07 Å². The van der Waals surface area contributed by atoms with Gasteiger partial charge in [0.05, 0.1) is 12.6 Å². The van der Waals surface area contributed by atoms with E-state index in [2.05, 4.69) is 29.6 Å². The topological polar surface area (TPSA) is 49.2 Å². The lowest BCUT2D eigenvalue weighted by Gasteiger charge is -2.16. The van der Waals surface area contributed by atoms with E-state index in [9.17, 15) is 0 Å². The van der Waals surface area contributed by atoms with Gasteiger partial charge in [-0.15, -0.1) is 0 Å². The van der Waals surface area contributed by atoms with Crippen LogP contribution in [0.5, 0.6) is 5.88 Å². The Morgan fingerprint density at radius 1 is 1.21 bits per heavy atom. The molecule has 0 bridgehead atoms. The number of ether oxygens (including phenoxy) is 2. The molecule has 0 amide bonds. The van der Waals surface area contributed by atoms with Gasteiger partial charge in [-0.1, -0.05) is 31.2 Å². The Morgan fingerprint density at radius 2 is 2.00 bits per heavy atom. The number of hydrogen-bond donors (Lipinski definition) is 0. The van der Waals surface area contributed by atoms with Crippen LogP contribution >= 0.6 is 11.6 Å². The van der Waals surface area contributed by atoms with Gasteiger partial charge in [0, 0.05) is 37.7 Å². The van der Waals surface area contributed by atoms with Crippen molar-refractivity contribution in [3.8, 4) is 5.88 Å². The lowest BCUT2D eigenvalue weighted by Crippen LogP contribution is -2.22. The number of halogens is 1. The average molecular weight is 364 g/mol. The van der Waals surface area contributed by atoms with Crippen LogP contribution in [-0.2, 0) is 11.5 Å². The van der Waals surface area contributed by atoms with Crippen LogP contribution in [0.4, 0.5) is 0 Å². The summed E-state index contributed by atoms with van der Waals surface area (Å²) in [5.41, 5.74) is 1.79. The van der Waals surface area contributed by atoms with Gasteiger partial charge in [-0.05, 0) is 18.2 Å². The van der Waals surface area contributed by atoms with Crippen molar-refractivity contribution in [3.05, 3.63) is 29.5 Å². The van der Waals surface area contributed by atoms with E-state index in [0.29, 0.717) is 17.8 Å². The molecule has 0 unspecified atom stereocenters. The molecule has 0 aliphatic carbocycles. The van der Waals surface area contributed by atoms with E-state index in [1.54, 1.807) is 13.2 Å². The zero-order chi connectivity index (χ0) is 17.3. The van der Waals surface area contributed by atoms with E-state index >= 15 is 0 Å². The van der Waals surface area contributed by atoms with Crippen LogP contribution in [-0.4, -0.2) is 36.3 Å². The van der Waals surface area contributed by atoms with Crippen LogP contribution < -0.4 is 4.74 Å². The van der Waals surface area contributed by atoms with Gasteiger partial charge < -0.3 is 14.0 Å². The van der Waals surface area contributed by atoms with Crippen LogP contribution in [0.3, 0.4) is 0 Å². The van der Waals surface area contributed by atoms with Gasteiger partial charge in [-0.2, -0.15) is 0 Å². The minimum Gasteiger partial charge on any atom is -0.481 e. The van der Waals surface area contributed by atoms with Crippen molar-refractivity contribution in [1.29, 1.82) is 0 Å². The highest BCUT2D eigenvalue weighted by Crippen LogP contribution is 2.30. The zero-order valence-electron chi connectivity index (χ0n) is 14.5. The molecule has 128 valence electrons. The zero-order valence-corrected chi connectivity index (χ0v) is 16.2. The first kappa shape index (κ1) is 17.2. The molecule has 0 aliphatic heterocycles. The molecule has 0 aromatic carbocycles. The third-order valence-electron chi connectivity index (χ3n) is 3.96. The number of fused-ring (bicyclic) bond motifs is 3. The van der Waals surface area contributed by atoms with E-state index in [1.807, 2.05) is 22.9 Å². The second-order valence-electron chi connectivity index (χ2n) is 7.02. The number of nitrogens with zero attached hydrogens (tertiary/aromatic N) is 3. The summed E-state index contributed by atoms with van der Waals surface area (Å²) >= 11 is 6.10. The number of aromatic nitrogens is 3. The van der Waals surface area contributed by atoms with Crippen molar-refractivity contribution >= 4 is 41.6 Å². The first-order valence-electron chi connectivity index (χ1n) is 7.95. The minimum absolute atomic E-state index is 0.436. The summed E-state index contributed by atoms with van der Waals surface area (Å²) in [7, 11) is 0.501. The van der Waals surface area contributed by atoms with Gasteiger partial charge in [0.15, 0.2) is 0 Å². The predicted molar refractivity (Wildman–Crippen MR) is 101 cm³/mol. The summed E-state index contributed by atoms with van der Waals surface area (Å²) in [4.78, 5) is 8.79. The van der Waals surface area contributed by atoms with Crippen molar-refractivity contribution in [2.45, 2.75) is 32.4 Å². The molecular formula is C17H22ClN3O2Si. The Labute approximate surface area is 147 Å². The predicted octanol–water partition coefficient (Wildman–Crippen LogP) is 4.56. The van der Waals surface area contributed by atoms with Crippen LogP contribution in [0.1, 0.15) is 0 Å². The molecule has 3 heterocycles. The summed E-state index contributed by atoms with van der Waals surface area (Å²) in [6.07, 6.45) is 1.81. The van der Waals surface area contributed by atoms with E-state index in [-0.39, 0.29) is 0 Å². The summed E-state index contributed by atoms with van der Waals surface area (Å²) in [5.74, 6) is 0.569. The molecule has 0 fully saturated rings. The van der Waals surface area contributed by atoms with E-state index in [1.165, 1.54) is 0 Å². The molecule has 0 atom stereocenters. The molecule has 0 spiro atoms. The van der Waals surface area contributed by atoms with Crippen molar-refractivity contribution in [2.75, 3.05) is 13.7 Å². The Kier molecular flexibility index (Phi) is 4.80. The van der Waals surface area contributed by atoms with Gasteiger partial charge in [0.2, 0.25) is 5.88 Å². The normalized spacial score (nSPS) is 12.2. The van der Waals surface area contributed by atoms with Crippen LogP contribution in [0.2, 0.25) is 30.8 Å². The monoisotopic (exact) mass is 363 g/mol. The van der Waals surface area contributed by atoms with E-state index in [4.69, 9.17) is 21.1 Å². The third-order valence-corrected chi connectivity index (χ3v) is 5.88. The third kappa shape index (κ3) is 3.55. The molecule has 5 nitrogen and oxygen atoms in total. The quantitative estimate of drug-likeness (QED) is 0.366. The molecular weight excluding hydrogens is 342 g/mol. The maximum Gasteiger partial charge on any atom is 0.215 e. The fraction of sp³-hybridized carbons (Fsp3) is 0.412. The largest absolute Gasteiger partial charge is 0.481 e. The lowest BCUT2D eigenvalue weighted by molar-refractivity contribution is 0.0925. The lowest BCUT2D eigenvalue weighted by atomic mass is 10.2. The molecule has 0 saturated carbocycles. The summed E-state index contributed by atoms with van der Waals surface area (Å²) in [6, 6.07) is 6.81. The van der Waals surface area contributed by atoms with Crippen molar-refractivity contribution in [3.63, 3.8) is 0 Å². The standard InChI is InChI=1S/C17H22ClN3O2Si/c1-22-16-9-14-13(10-19-16)12-5-6-15(18)20-17(12)21(14)11-23-7-8-24(2,3)4/h5-6,9-10H,7-8,11H2,1-4H3. The SMILES string of the molecule is COc1cc2c(cn1)c1ccc(Cl)nc1n2COCC[Si](C)(C)C. The maximum atomic E-state index is 6.10. The summed E-state index contributed by atoms with van der Waals surface area (Å²) in [5, 5.41) is 2.50. The van der Waals surface area contributed by atoms with Crippen LogP contribution in [0.15, 0.2) is 24.4 Å². The molecule has 0 radical (unpaired) electrons. The number of pyridine rings is 2. The Morgan fingerprint density at radius 3 is 2.71 bits per heavy atom. The minimum atomic E-state index is -1.11. The fourth-order valence-electron chi connectivity index (χ4n) is 2.59. The highest BCUT2D eigenvalue weighted by atomic mass is 35.5. The Balaban J connectivity index is 2.00. The smallest absolute Gasteiger partial charge is 0.215 e. The molecule has 3 rings (SSSR count). The number of methoxy groups -OCH3 is 1. The van der Waals surface area contributed by atoms with Gasteiger partial charge in [-0.3, -0.25) is 0 Å².